The lowest BCUT2D eigenvalue weighted by molar-refractivity contribution is 0.194. The fraction of sp³-hybridized carbons (Fsp3) is 0.538. The summed E-state index contributed by atoms with van der Waals surface area (Å²) in [5.41, 5.74) is 6.69. The number of rotatable bonds is 4. The maximum Gasteiger partial charge on any atom is 0.240 e. The van der Waals surface area contributed by atoms with Crippen LogP contribution in [0.3, 0.4) is 0 Å². The van der Waals surface area contributed by atoms with Gasteiger partial charge in [0.15, 0.2) is 0 Å². The standard InChI is InChI=1S/C13H22N4O2S/c1-17-8-3-2-5-10(17)9-16-11-6-4-7-12(13(11)14)20(15,18)19/h4,6-7,10,16H,2-3,5,8-9,14H2,1H3,(H2,15,18,19). The van der Waals surface area contributed by atoms with Crippen molar-refractivity contribution in [2.24, 2.45) is 5.14 Å². The molecule has 0 aliphatic carbocycles. The number of nitrogens with two attached hydrogens (primary N) is 2. The first-order chi connectivity index (χ1) is 9.39. The molecule has 6 nitrogen and oxygen atoms in total. The third-order valence-corrected chi connectivity index (χ3v) is 4.79. The van der Waals surface area contributed by atoms with Gasteiger partial charge in [0.1, 0.15) is 4.90 Å². The number of likely N-dealkylation sites (tertiary alicyclic amines) is 1. The molecule has 0 bridgehead atoms. The van der Waals surface area contributed by atoms with Crippen molar-refractivity contribution in [1.29, 1.82) is 0 Å². The van der Waals surface area contributed by atoms with E-state index in [2.05, 4.69) is 17.3 Å². The summed E-state index contributed by atoms with van der Waals surface area (Å²) in [5.74, 6) is 0. The lowest BCUT2D eigenvalue weighted by atomic mass is 10.0. The second-order valence-corrected chi connectivity index (χ2v) is 6.80. The molecule has 1 saturated heterocycles. The number of para-hydroxylation sites is 1. The SMILES string of the molecule is CN1CCCCC1CNc1cccc(S(N)(=O)=O)c1N. The molecule has 0 amide bonds. The van der Waals surface area contributed by atoms with E-state index in [0.29, 0.717) is 11.7 Å². The van der Waals surface area contributed by atoms with Crippen LogP contribution in [0.1, 0.15) is 19.3 Å². The summed E-state index contributed by atoms with van der Waals surface area (Å²) in [6.45, 7) is 1.84. The van der Waals surface area contributed by atoms with Gasteiger partial charge in [-0.25, -0.2) is 13.6 Å². The highest BCUT2D eigenvalue weighted by Crippen LogP contribution is 2.26. The normalized spacial score (nSPS) is 20.8. The second-order valence-electron chi connectivity index (χ2n) is 5.27. The monoisotopic (exact) mass is 298 g/mol. The summed E-state index contributed by atoms with van der Waals surface area (Å²) in [5, 5.41) is 8.38. The number of nitrogens with one attached hydrogen (secondary N) is 1. The summed E-state index contributed by atoms with van der Waals surface area (Å²) < 4.78 is 22.9. The van der Waals surface area contributed by atoms with Gasteiger partial charge < -0.3 is 16.0 Å². The van der Waals surface area contributed by atoms with E-state index in [1.165, 1.54) is 18.9 Å². The van der Waals surface area contributed by atoms with Crippen molar-refractivity contribution in [1.82, 2.24) is 4.90 Å². The van der Waals surface area contributed by atoms with Crippen LogP contribution in [0, 0.1) is 0 Å². The Kier molecular flexibility index (Phi) is 4.52. The van der Waals surface area contributed by atoms with Crippen LogP contribution in [0.15, 0.2) is 23.1 Å². The third-order valence-electron chi connectivity index (χ3n) is 3.82. The predicted octanol–water partition coefficient (Wildman–Crippen LogP) is 0.812. The van der Waals surface area contributed by atoms with E-state index >= 15 is 0 Å². The number of hydrogen-bond acceptors (Lipinski definition) is 5. The number of nitrogen functional groups attached to an aromatic ring is 1. The van der Waals surface area contributed by atoms with E-state index in [1.807, 2.05) is 0 Å². The van der Waals surface area contributed by atoms with E-state index in [9.17, 15) is 8.42 Å². The molecule has 1 fully saturated rings. The fourth-order valence-corrected chi connectivity index (χ4v) is 3.26. The molecule has 1 heterocycles. The van der Waals surface area contributed by atoms with Crippen molar-refractivity contribution in [3.05, 3.63) is 18.2 Å². The number of nitrogens with zero attached hydrogens (tertiary/aromatic N) is 1. The van der Waals surface area contributed by atoms with Crippen LogP contribution in [-0.4, -0.2) is 39.5 Å². The largest absolute Gasteiger partial charge is 0.396 e. The van der Waals surface area contributed by atoms with Gasteiger partial charge in [-0.3, -0.25) is 0 Å². The van der Waals surface area contributed by atoms with Crippen molar-refractivity contribution in [3.8, 4) is 0 Å². The summed E-state index contributed by atoms with van der Waals surface area (Å²) in [6, 6.07) is 5.28. The zero-order chi connectivity index (χ0) is 14.8. The first kappa shape index (κ1) is 15.1. The van der Waals surface area contributed by atoms with Crippen LogP contribution in [0.5, 0.6) is 0 Å². The van der Waals surface area contributed by atoms with Crippen LogP contribution < -0.4 is 16.2 Å². The van der Waals surface area contributed by atoms with E-state index in [0.717, 1.165) is 19.5 Å². The Balaban J connectivity index is 2.10. The van der Waals surface area contributed by atoms with Crippen LogP contribution in [-0.2, 0) is 10.0 Å². The van der Waals surface area contributed by atoms with Crippen LogP contribution in [0.25, 0.3) is 0 Å². The number of hydrogen-bond donors (Lipinski definition) is 3. The average molecular weight is 298 g/mol. The number of benzene rings is 1. The minimum atomic E-state index is -3.79. The highest BCUT2D eigenvalue weighted by molar-refractivity contribution is 7.89. The van der Waals surface area contributed by atoms with Gasteiger partial charge in [-0.15, -0.1) is 0 Å². The second kappa shape index (κ2) is 5.99. The molecule has 0 spiro atoms. The molecule has 7 heteroatoms. The Hall–Kier alpha value is -1.31. The maximum atomic E-state index is 11.4. The van der Waals surface area contributed by atoms with Crippen LogP contribution >= 0.6 is 0 Å². The quantitative estimate of drug-likeness (QED) is 0.714. The number of primary sulfonamides is 1. The molecule has 0 saturated carbocycles. The zero-order valence-electron chi connectivity index (χ0n) is 11.7. The molecule has 1 unspecified atom stereocenters. The summed E-state index contributed by atoms with van der Waals surface area (Å²) in [4.78, 5) is 2.29. The molecule has 5 N–H and O–H groups in total. The molecular weight excluding hydrogens is 276 g/mol. The third kappa shape index (κ3) is 3.41. The Morgan fingerprint density at radius 3 is 2.80 bits per heavy atom. The van der Waals surface area contributed by atoms with Crippen molar-refractivity contribution in [2.45, 2.75) is 30.2 Å². The van der Waals surface area contributed by atoms with Crippen molar-refractivity contribution < 1.29 is 8.42 Å². The van der Waals surface area contributed by atoms with Crippen LogP contribution in [0.4, 0.5) is 11.4 Å². The zero-order valence-corrected chi connectivity index (χ0v) is 12.5. The molecule has 20 heavy (non-hydrogen) atoms. The van der Waals surface area contributed by atoms with Gasteiger partial charge in [-0.05, 0) is 38.6 Å². The van der Waals surface area contributed by atoms with E-state index in [1.54, 1.807) is 12.1 Å². The lowest BCUT2D eigenvalue weighted by Gasteiger charge is -2.32. The minimum Gasteiger partial charge on any atom is -0.396 e. The van der Waals surface area contributed by atoms with Gasteiger partial charge in [0.05, 0.1) is 11.4 Å². The molecular formula is C13H22N4O2S. The van der Waals surface area contributed by atoms with Crippen molar-refractivity contribution >= 4 is 21.4 Å². The molecule has 1 aliphatic rings. The first-order valence-electron chi connectivity index (χ1n) is 6.75. The molecule has 1 atom stereocenters. The predicted molar refractivity (Wildman–Crippen MR) is 81.0 cm³/mol. The first-order valence-corrected chi connectivity index (χ1v) is 8.29. The van der Waals surface area contributed by atoms with Crippen LogP contribution in [0.2, 0.25) is 0 Å². The molecule has 0 aromatic heterocycles. The maximum absolute atomic E-state index is 11.4. The molecule has 1 aromatic carbocycles. The summed E-state index contributed by atoms with van der Waals surface area (Å²) >= 11 is 0. The topological polar surface area (TPSA) is 101 Å². The summed E-state index contributed by atoms with van der Waals surface area (Å²) in [6.07, 6.45) is 3.59. The van der Waals surface area contributed by atoms with Gasteiger partial charge >= 0.3 is 0 Å². The number of piperidine rings is 1. The minimum absolute atomic E-state index is 0.0282. The van der Waals surface area contributed by atoms with Crippen molar-refractivity contribution in [2.75, 3.05) is 31.2 Å². The molecule has 1 aliphatic heterocycles. The lowest BCUT2D eigenvalue weighted by Crippen LogP contribution is -2.40. The Morgan fingerprint density at radius 2 is 2.15 bits per heavy atom. The molecule has 0 radical (unpaired) electrons. The number of sulfonamides is 1. The Morgan fingerprint density at radius 1 is 1.40 bits per heavy atom. The van der Waals surface area contributed by atoms with E-state index in [-0.39, 0.29) is 10.6 Å². The fourth-order valence-electron chi connectivity index (χ4n) is 2.58. The van der Waals surface area contributed by atoms with Gasteiger partial charge in [0.2, 0.25) is 10.0 Å². The Labute approximate surface area is 120 Å². The van der Waals surface area contributed by atoms with Gasteiger partial charge in [0.25, 0.3) is 0 Å². The highest BCUT2D eigenvalue weighted by atomic mass is 32.2. The molecule has 1 aromatic rings. The summed E-state index contributed by atoms with van der Waals surface area (Å²) in [7, 11) is -1.68. The smallest absolute Gasteiger partial charge is 0.240 e. The highest BCUT2D eigenvalue weighted by Gasteiger charge is 2.19. The van der Waals surface area contributed by atoms with Crippen molar-refractivity contribution in [3.63, 3.8) is 0 Å². The molecule has 112 valence electrons. The van der Waals surface area contributed by atoms with E-state index < -0.39 is 10.0 Å². The molecule has 2 rings (SSSR count). The van der Waals surface area contributed by atoms with Gasteiger partial charge in [-0.2, -0.15) is 0 Å². The van der Waals surface area contributed by atoms with Gasteiger partial charge in [0, 0.05) is 12.6 Å². The van der Waals surface area contributed by atoms with E-state index in [4.69, 9.17) is 10.9 Å². The Bertz CT molecular complexity index is 574. The average Bonchev–Trinajstić information content (AvgIpc) is 2.38. The number of likely N-dealkylation sites (N-methyl/N-ethyl adjacent to an activating group) is 1. The van der Waals surface area contributed by atoms with Gasteiger partial charge in [-0.1, -0.05) is 12.5 Å². The number of anilines is 2.